The first-order chi connectivity index (χ1) is 68.4. The van der Waals surface area contributed by atoms with Crippen LogP contribution in [0, 0.1) is 53.8 Å². The second-order valence-corrected chi connectivity index (χ2v) is 40.7. The Kier molecular flexibility index (Phi) is 44.0. The Hall–Kier alpha value is -10.2. The lowest BCUT2D eigenvalue weighted by atomic mass is 9.69. The highest BCUT2D eigenvalue weighted by Crippen LogP contribution is 2.45. The maximum atomic E-state index is 15.4. The van der Waals surface area contributed by atoms with Gasteiger partial charge in [0.2, 0.25) is 24.2 Å². The zero-order valence-electron chi connectivity index (χ0n) is 87.7. The standard InChI is InChI=1S/C111H161N15O16/c1-18-76(5)82(11)102-103(90(59-74(2)3)64-87-34-43-115-84(87)13)121-125(106(102)113-16)69-85-29-30-89-70-124(46-36-88(89)63-85)101(132)37-51-136-53-55-138-57-58-139-56-54-137-52-44-116-107(134)94-68-118-109(120-105(94)112-15)123-49-47-122(48-50-123)108-117-67-91(95(119-108)35-42-114-73-128)72-140-92-32-40-110(14,41-33-92)39-31-86-65-98(130)81(10)61-78(7)79(8)62-97(129)80(9)60-75(4)25-20-19-21-26-77(6)99(135-17)66-93-27-24-38-111(141-93,100(131)71-127)142-126-45-23-22-28-96(126)104(133)83(86)12/h19-21,25-26,29-30,34,43,59,61,63-64,67-68,71,73,75-76,79-81,83,86,92-93,96,99,115H,18,22-24,27-28,31-33,35-42,44-58,60,62,65-66,69-70,72H2,1-17H3,(H,114,128)(H,116,134)(H,112,118,120)/b21-19+,25-20+,77-26+,78-61+,90-64+,102-82+,113-106+/t75?,76?,79?,80?,81?,83?,86?,92?,93?,96?,99?,110?,111-/m0/s1. The number of aryl methyl sites for hydroxylation is 1. The highest BCUT2D eigenvalue weighted by atomic mass is 16.8. The van der Waals surface area contributed by atoms with Gasteiger partial charge in [-0.2, -0.15) is 15.1 Å². The number of carbonyl (C=O) groups is 8. The van der Waals surface area contributed by atoms with E-state index in [1.807, 2.05) is 89.3 Å². The highest BCUT2D eigenvalue weighted by Gasteiger charge is 2.51. The molecule has 0 spiro atoms. The number of benzene rings is 1. The van der Waals surface area contributed by atoms with Crippen LogP contribution in [0.25, 0.3) is 6.08 Å². The topological polar surface area (TPSA) is 355 Å². The normalized spacial score (nSPS) is 26.7. The molecule has 1 aliphatic carbocycles. The number of ether oxygens (including phenoxy) is 7. The minimum atomic E-state index is -1.92. The number of allylic oxidation sites excluding steroid dienone is 11. The maximum Gasteiger partial charge on any atom is 0.256 e. The molecule has 776 valence electrons. The number of amides is 3. The molecule has 0 radical (unpaired) electrons. The zero-order valence-corrected chi connectivity index (χ0v) is 87.7. The molecule has 3 aromatic heterocycles. The number of aromatic amines is 1. The fourth-order valence-electron chi connectivity index (χ4n) is 20.2. The van der Waals surface area contributed by atoms with Crippen LogP contribution >= 0.6 is 0 Å². The number of aliphatic imine (C=N–C) groups is 1. The van der Waals surface area contributed by atoms with Gasteiger partial charge in [-0.25, -0.2) is 20.0 Å². The number of nitrogens with zero attached hydrogens (tertiary/aromatic N) is 11. The van der Waals surface area contributed by atoms with Crippen molar-refractivity contribution in [2.45, 2.75) is 275 Å². The van der Waals surface area contributed by atoms with Gasteiger partial charge in [0.05, 0.1) is 102 Å². The van der Waals surface area contributed by atoms with E-state index < -0.39 is 35.6 Å². The van der Waals surface area contributed by atoms with Gasteiger partial charge in [0.25, 0.3) is 17.5 Å². The molecule has 6 aliphatic heterocycles. The molecule has 142 heavy (non-hydrogen) atoms. The van der Waals surface area contributed by atoms with Crippen molar-refractivity contribution in [3.8, 4) is 0 Å². The van der Waals surface area contributed by atoms with Crippen molar-refractivity contribution in [1.82, 2.24) is 50.5 Å². The van der Waals surface area contributed by atoms with Crippen molar-refractivity contribution in [3.63, 3.8) is 0 Å². The van der Waals surface area contributed by atoms with Gasteiger partial charge in [0.15, 0.2) is 17.9 Å². The minimum Gasteiger partial charge on any atom is -0.379 e. The first kappa shape index (κ1) is 112. The number of Topliss-reactive ketones (excluding diaryl/α,β-unsaturated/α-hetero) is 4. The molecule has 4 N–H and O–H groups in total. The van der Waals surface area contributed by atoms with Gasteiger partial charge in [0, 0.05) is 171 Å². The van der Waals surface area contributed by atoms with E-state index in [1.54, 1.807) is 19.2 Å². The number of aldehydes is 1. The first-order valence-electron chi connectivity index (χ1n) is 52.0. The number of fused-ring (bicyclic) bond motifs is 4. The second-order valence-electron chi connectivity index (χ2n) is 40.7. The molecule has 1 saturated carbocycles. The summed E-state index contributed by atoms with van der Waals surface area (Å²) in [5, 5.41) is 17.8. The van der Waals surface area contributed by atoms with Crippen LogP contribution in [0.1, 0.15) is 255 Å². The van der Waals surface area contributed by atoms with E-state index >= 15 is 4.79 Å². The van der Waals surface area contributed by atoms with Crippen LogP contribution in [0.2, 0.25) is 0 Å². The number of hydrazone groups is 1. The van der Waals surface area contributed by atoms with Crippen LogP contribution in [0.5, 0.6) is 0 Å². The summed E-state index contributed by atoms with van der Waals surface area (Å²) in [5.74, 6) is -1.67. The monoisotopic (exact) mass is 1960 g/mol. The van der Waals surface area contributed by atoms with Crippen molar-refractivity contribution in [2.24, 2.45) is 56.9 Å². The molecule has 10 unspecified atom stereocenters. The molecule has 11 rings (SSSR count). The summed E-state index contributed by atoms with van der Waals surface area (Å²) in [7, 11) is 5.21. The molecule has 4 fully saturated rings. The Morgan fingerprint density at radius 2 is 1.48 bits per heavy atom. The lowest BCUT2D eigenvalue weighted by Gasteiger charge is -2.45. The predicted octanol–water partition coefficient (Wildman–Crippen LogP) is 16.1. The van der Waals surface area contributed by atoms with Gasteiger partial charge in [-0.15, -0.1) is 0 Å². The number of rotatable bonds is 39. The lowest BCUT2D eigenvalue weighted by Crippen LogP contribution is -2.58. The maximum absolute atomic E-state index is 15.4. The molecule has 7 aliphatic rings. The van der Waals surface area contributed by atoms with Gasteiger partial charge in [-0.1, -0.05) is 133 Å². The molecule has 31 heteroatoms. The number of carbonyl (C=O) groups excluding carboxylic acids is 8. The Labute approximate surface area is 842 Å². The van der Waals surface area contributed by atoms with E-state index in [1.165, 1.54) is 22.9 Å². The molecule has 9 heterocycles. The summed E-state index contributed by atoms with van der Waals surface area (Å²) in [5.41, 5.74) is 15.0. The van der Waals surface area contributed by atoms with Gasteiger partial charge in [0.1, 0.15) is 28.7 Å². The van der Waals surface area contributed by atoms with Crippen molar-refractivity contribution in [1.29, 1.82) is 0 Å². The number of piperidine rings is 1. The molecular weight excluding hydrogens is 1800 g/mol. The van der Waals surface area contributed by atoms with Crippen LogP contribution in [0.3, 0.4) is 0 Å². The average molecular weight is 1960 g/mol. The number of aromatic nitrogens is 5. The number of hydrogen-bond donors (Lipinski definition) is 4. The van der Waals surface area contributed by atoms with E-state index in [-0.39, 0.29) is 116 Å². The second kappa shape index (κ2) is 55.7. The van der Waals surface area contributed by atoms with Gasteiger partial charge < -0.3 is 68.8 Å². The highest BCUT2D eigenvalue weighted by molar-refractivity contribution is 6.34. The molecule has 2 bridgehead atoms. The van der Waals surface area contributed by atoms with E-state index in [4.69, 9.17) is 63.0 Å². The van der Waals surface area contributed by atoms with Crippen molar-refractivity contribution in [3.05, 3.63) is 164 Å². The van der Waals surface area contributed by atoms with Crippen molar-refractivity contribution >= 4 is 83.0 Å². The van der Waals surface area contributed by atoms with E-state index in [0.29, 0.717) is 199 Å². The number of anilines is 3. The molecule has 1 aromatic carbocycles. The average Bonchev–Trinajstić information content (AvgIpc) is 1.55. The number of nitrogens with one attached hydrogen (secondary N) is 4. The van der Waals surface area contributed by atoms with Crippen molar-refractivity contribution < 1.29 is 76.4 Å². The Bertz CT molecular complexity index is 5190. The number of ketones is 4. The third kappa shape index (κ3) is 31.9. The van der Waals surface area contributed by atoms with E-state index in [0.717, 1.165) is 119 Å². The van der Waals surface area contributed by atoms with Crippen molar-refractivity contribution in [2.75, 3.05) is 142 Å². The number of piperazine rings is 1. The van der Waals surface area contributed by atoms with Crippen LogP contribution in [0.15, 0.2) is 129 Å². The lowest BCUT2D eigenvalue weighted by molar-refractivity contribution is -0.360. The molecule has 11 atom stereocenters. The third-order valence-electron chi connectivity index (χ3n) is 29.8. The summed E-state index contributed by atoms with van der Waals surface area (Å²) in [6, 6.07) is 7.93. The Morgan fingerprint density at radius 1 is 0.768 bits per heavy atom. The number of methoxy groups -OCH3 is 1. The summed E-state index contributed by atoms with van der Waals surface area (Å²) in [6.07, 6.45) is 34.0. The van der Waals surface area contributed by atoms with Gasteiger partial charge in [-0.3, -0.25) is 48.2 Å². The van der Waals surface area contributed by atoms with Crippen LogP contribution < -0.4 is 25.8 Å². The smallest absolute Gasteiger partial charge is 0.256 e. The van der Waals surface area contributed by atoms with Gasteiger partial charge in [-0.05, 0) is 200 Å². The number of H-pyrrole nitrogens is 1. The fraction of sp³-hybridized carbons (Fsp3) is 0.622. The van der Waals surface area contributed by atoms with Crippen LogP contribution in [-0.2, 0) is 104 Å². The summed E-state index contributed by atoms with van der Waals surface area (Å²) in [6.45, 7) is 37.4. The predicted molar refractivity (Wildman–Crippen MR) is 555 cm³/mol. The van der Waals surface area contributed by atoms with Gasteiger partial charge >= 0.3 is 0 Å². The molecular formula is C111H161N15O16. The fourth-order valence-corrected chi connectivity index (χ4v) is 20.2. The van der Waals surface area contributed by atoms with E-state index in [2.05, 4.69) is 146 Å². The summed E-state index contributed by atoms with van der Waals surface area (Å²) >= 11 is 0. The molecule has 3 amide bonds. The SMILES string of the molecule is CCC(C)/C(C)=C1\C(/C(C=C(C)C)=C/c2cc[nH]c2C)=NN(Cc2ccc3c(c2)CCN(C(=O)CCOCCOCCOCCOCCNC(=O)c2cnc(N4CCN(c5ncc(COC6CCC(C)(CCC7CC(=O)C(C)/C=C(\C)C(C)CC(=O)C(C)CC(C)/C=C/C=C/C=C(\C)C(OC)CC8CCC[C@](C(=O)C=O)(O8)ON8CCCCC8C(=O)C7C)CC6)c(CCNC=O)n5)CC4)nc2NC)C3)\C1=N\C. The number of hydrogen-bond acceptors (Lipinski definition) is 26. The minimum absolute atomic E-state index is 0.0271. The number of hydroxylamine groups is 2. The largest absolute Gasteiger partial charge is 0.379 e. The van der Waals surface area contributed by atoms with Crippen LogP contribution in [0.4, 0.5) is 17.7 Å². The quantitative estimate of drug-likeness (QED) is 0.0106. The third-order valence-corrected chi connectivity index (χ3v) is 29.8. The van der Waals surface area contributed by atoms with E-state index in [9.17, 15) is 33.6 Å². The Morgan fingerprint density at radius 3 is 2.15 bits per heavy atom. The van der Waals surface area contributed by atoms with Crippen LogP contribution in [-0.4, -0.2) is 256 Å². The molecule has 3 saturated heterocycles. The Balaban J connectivity index is 0.589. The first-order valence-corrected chi connectivity index (χ1v) is 52.0. The molecule has 31 nitrogen and oxygen atoms in total. The summed E-state index contributed by atoms with van der Waals surface area (Å²) in [4.78, 5) is 149. The summed E-state index contributed by atoms with van der Waals surface area (Å²) < 4.78 is 42.4. The number of amidine groups is 1. The molecule has 4 aromatic rings. The zero-order chi connectivity index (χ0) is 102.